The highest BCUT2D eigenvalue weighted by molar-refractivity contribution is 5.92. The Labute approximate surface area is 109 Å². The van der Waals surface area contributed by atoms with Gasteiger partial charge in [-0.15, -0.1) is 0 Å². The summed E-state index contributed by atoms with van der Waals surface area (Å²) >= 11 is 0. The minimum Gasteiger partial charge on any atom is -0.465 e. The first-order valence-electron chi connectivity index (χ1n) is 6.49. The molecule has 0 aliphatic carbocycles. The van der Waals surface area contributed by atoms with Crippen LogP contribution in [0, 0.1) is 6.92 Å². The summed E-state index contributed by atoms with van der Waals surface area (Å²) in [7, 11) is 0. The Morgan fingerprint density at radius 2 is 1.94 bits per heavy atom. The van der Waals surface area contributed by atoms with Crippen molar-refractivity contribution in [1.82, 2.24) is 0 Å². The molecule has 1 heterocycles. The van der Waals surface area contributed by atoms with Crippen molar-refractivity contribution in [1.29, 1.82) is 0 Å². The number of rotatable bonds is 7. The van der Waals surface area contributed by atoms with E-state index in [-0.39, 0.29) is 11.6 Å². The van der Waals surface area contributed by atoms with Crippen LogP contribution in [-0.4, -0.2) is 11.6 Å². The van der Waals surface area contributed by atoms with Crippen LogP contribution in [0.15, 0.2) is 16.5 Å². The number of carbonyl (C=O) groups is 2. The fourth-order valence-electron chi connectivity index (χ4n) is 2.20. The molecule has 100 valence electrons. The maximum atomic E-state index is 12.4. The third-order valence-electron chi connectivity index (χ3n) is 3.35. The van der Waals surface area contributed by atoms with Crippen LogP contribution >= 0.6 is 0 Å². The van der Waals surface area contributed by atoms with Crippen molar-refractivity contribution in [2.24, 2.45) is 0 Å². The monoisotopic (exact) mass is 250 g/mol. The zero-order chi connectivity index (χ0) is 13.8. The van der Waals surface area contributed by atoms with Crippen LogP contribution in [0.1, 0.15) is 58.0 Å². The average molecular weight is 250 g/mol. The second kappa shape index (κ2) is 5.98. The molecule has 1 rings (SSSR count). The molecule has 0 radical (unpaired) electrons. The second-order valence-electron chi connectivity index (χ2n) is 5.12. The van der Waals surface area contributed by atoms with Gasteiger partial charge in [0.15, 0.2) is 0 Å². The van der Waals surface area contributed by atoms with Gasteiger partial charge in [-0.25, -0.2) is 0 Å². The van der Waals surface area contributed by atoms with Gasteiger partial charge in [0.25, 0.3) is 0 Å². The zero-order valence-corrected chi connectivity index (χ0v) is 11.7. The molecule has 3 nitrogen and oxygen atoms in total. The molecule has 0 aromatic carbocycles. The van der Waals surface area contributed by atoms with Crippen molar-refractivity contribution in [2.45, 2.75) is 58.8 Å². The summed E-state index contributed by atoms with van der Waals surface area (Å²) in [4.78, 5) is 23.4. The van der Waals surface area contributed by atoms with E-state index in [1.165, 1.54) is 6.92 Å². The third kappa shape index (κ3) is 3.31. The molecule has 0 spiro atoms. The number of carbonyl (C=O) groups excluding carboxylic acids is 2. The van der Waals surface area contributed by atoms with Gasteiger partial charge in [0.2, 0.25) is 0 Å². The second-order valence-corrected chi connectivity index (χ2v) is 5.12. The molecule has 3 heteroatoms. The van der Waals surface area contributed by atoms with Gasteiger partial charge in [-0.3, -0.25) is 4.79 Å². The first kappa shape index (κ1) is 14.7. The predicted octanol–water partition coefficient (Wildman–Crippen LogP) is 3.58. The summed E-state index contributed by atoms with van der Waals surface area (Å²) in [5, 5.41) is 0. The summed E-state index contributed by atoms with van der Waals surface area (Å²) in [5.41, 5.74) is -0.599. The van der Waals surface area contributed by atoms with Crippen molar-refractivity contribution in [3.05, 3.63) is 23.7 Å². The molecule has 0 aliphatic rings. The van der Waals surface area contributed by atoms with Crippen molar-refractivity contribution in [2.75, 3.05) is 0 Å². The van der Waals surface area contributed by atoms with Gasteiger partial charge in [0.05, 0.1) is 5.41 Å². The number of aryl methyl sites for hydroxylation is 1. The smallest absolute Gasteiger partial charge is 0.146 e. The quantitative estimate of drug-likeness (QED) is 0.743. The van der Waals surface area contributed by atoms with E-state index in [9.17, 15) is 9.59 Å². The molecule has 0 saturated heterocycles. The molecule has 18 heavy (non-hydrogen) atoms. The lowest BCUT2D eigenvalue weighted by atomic mass is 9.77. The van der Waals surface area contributed by atoms with Crippen LogP contribution in [0.3, 0.4) is 0 Å². The highest BCUT2D eigenvalue weighted by atomic mass is 16.3. The predicted molar refractivity (Wildman–Crippen MR) is 70.6 cm³/mol. The Bertz CT molecular complexity index is 431. The van der Waals surface area contributed by atoms with Crippen LogP contribution in [0.2, 0.25) is 0 Å². The Hall–Kier alpha value is -1.38. The van der Waals surface area contributed by atoms with E-state index in [0.29, 0.717) is 12.8 Å². The topological polar surface area (TPSA) is 47.3 Å². The van der Waals surface area contributed by atoms with E-state index in [2.05, 4.69) is 0 Å². The lowest BCUT2D eigenvalue weighted by Crippen LogP contribution is -2.32. The molecule has 1 atom stereocenters. The number of Topliss-reactive ketones (excluding diaryl/α,β-unsaturated/α-hetero) is 2. The summed E-state index contributed by atoms with van der Waals surface area (Å²) in [6.45, 7) is 7.35. The van der Waals surface area contributed by atoms with Gasteiger partial charge in [-0.2, -0.15) is 0 Å². The summed E-state index contributed by atoms with van der Waals surface area (Å²) in [5.74, 6) is 1.67. The molecular weight excluding hydrogens is 228 g/mol. The maximum absolute atomic E-state index is 12.4. The van der Waals surface area contributed by atoms with Gasteiger partial charge >= 0.3 is 0 Å². The Kier molecular flexibility index (Phi) is 4.88. The zero-order valence-electron chi connectivity index (χ0n) is 11.7. The van der Waals surface area contributed by atoms with Crippen molar-refractivity contribution in [3.63, 3.8) is 0 Å². The molecule has 0 N–H and O–H groups in total. The minimum atomic E-state index is -0.599. The summed E-state index contributed by atoms with van der Waals surface area (Å²) < 4.78 is 5.62. The average Bonchev–Trinajstić information content (AvgIpc) is 2.73. The van der Waals surface area contributed by atoms with Gasteiger partial charge in [0, 0.05) is 12.8 Å². The van der Waals surface area contributed by atoms with Crippen molar-refractivity contribution >= 4 is 11.6 Å². The lowest BCUT2D eigenvalue weighted by molar-refractivity contribution is -0.127. The van der Waals surface area contributed by atoms with E-state index in [1.54, 1.807) is 0 Å². The van der Waals surface area contributed by atoms with Crippen LogP contribution in [-0.2, 0) is 15.0 Å². The lowest BCUT2D eigenvalue weighted by Gasteiger charge is -2.25. The van der Waals surface area contributed by atoms with E-state index >= 15 is 0 Å². The minimum absolute atomic E-state index is 0.0535. The van der Waals surface area contributed by atoms with E-state index in [1.807, 2.05) is 32.9 Å². The highest BCUT2D eigenvalue weighted by Gasteiger charge is 2.36. The fourth-order valence-corrected chi connectivity index (χ4v) is 2.20. The molecule has 1 unspecified atom stereocenters. The fraction of sp³-hybridized carbons (Fsp3) is 0.600. The summed E-state index contributed by atoms with van der Waals surface area (Å²) in [6.07, 6.45) is 2.27. The molecule has 0 aliphatic heterocycles. The standard InChI is InChI=1S/C15H22O3/c1-5-10-15(4,13(17)8-6-11(2)16)14-9-7-12(3)18-14/h7,9H,5-6,8,10H2,1-4H3. The van der Waals surface area contributed by atoms with E-state index in [4.69, 9.17) is 4.42 Å². The normalized spacial score (nSPS) is 14.2. The van der Waals surface area contributed by atoms with E-state index < -0.39 is 5.41 Å². The van der Waals surface area contributed by atoms with Crippen molar-refractivity contribution < 1.29 is 14.0 Å². The Morgan fingerprint density at radius 1 is 1.28 bits per heavy atom. The van der Waals surface area contributed by atoms with Crippen LogP contribution in [0.4, 0.5) is 0 Å². The molecule has 1 aromatic heterocycles. The third-order valence-corrected chi connectivity index (χ3v) is 3.35. The molecule has 1 aromatic rings. The molecular formula is C15H22O3. The Balaban J connectivity index is 2.92. The molecule has 0 amide bonds. The Morgan fingerprint density at radius 3 is 2.39 bits per heavy atom. The number of furan rings is 1. The first-order valence-corrected chi connectivity index (χ1v) is 6.49. The maximum Gasteiger partial charge on any atom is 0.146 e. The van der Waals surface area contributed by atoms with Gasteiger partial charge in [-0.05, 0) is 39.3 Å². The SMILES string of the molecule is CCCC(C)(C(=O)CCC(C)=O)c1ccc(C)o1. The molecule has 0 saturated carbocycles. The number of ketones is 2. The largest absolute Gasteiger partial charge is 0.465 e. The van der Waals surface area contributed by atoms with Crippen LogP contribution < -0.4 is 0 Å². The van der Waals surface area contributed by atoms with Crippen LogP contribution in [0.5, 0.6) is 0 Å². The molecule has 0 bridgehead atoms. The number of hydrogen-bond acceptors (Lipinski definition) is 3. The van der Waals surface area contributed by atoms with E-state index in [0.717, 1.165) is 24.4 Å². The van der Waals surface area contributed by atoms with Crippen LogP contribution in [0.25, 0.3) is 0 Å². The van der Waals surface area contributed by atoms with Crippen molar-refractivity contribution in [3.8, 4) is 0 Å². The first-order chi connectivity index (χ1) is 8.40. The molecule has 0 fully saturated rings. The number of hydrogen-bond donors (Lipinski definition) is 0. The van der Waals surface area contributed by atoms with Gasteiger partial charge in [-0.1, -0.05) is 13.3 Å². The van der Waals surface area contributed by atoms with Gasteiger partial charge < -0.3 is 9.21 Å². The summed E-state index contributed by atoms with van der Waals surface area (Å²) in [6, 6.07) is 3.75. The highest BCUT2D eigenvalue weighted by Crippen LogP contribution is 2.33. The van der Waals surface area contributed by atoms with Gasteiger partial charge in [0.1, 0.15) is 23.1 Å².